The fraction of sp³-hybridized carbons (Fsp3) is 0.714. The first-order chi connectivity index (χ1) is 3.81. The van der Waals surface area contributed by atoms with E-state index in [2.05, 4.69) is 13.8 Å². The van der Waals surface area contributed by atoms with Gasteiger partial charge in [0.1, 0.15) is 0 Å². The largest absolute Gasteiger partial charge is 0.392 e. The molecule has 0 amide bonds. The van der Waals surface area contributed by atoms with Crippen LogP contribution in [0.3, 0.4) is 0 Å². The average Bonchev–Trinajstić information content (AvgIpc) is 1.83. The predicted octanol–water partition coefficient (Wildman–Crippen LogP) is 1.58. The van der Waals surface area contributed by atoms with Gasteiger partial charge in [-0.25, -0.2) is 0 Å². The zero-order valence-electron chi connectivity index (χ0n) is 5.59. The molecule has 1 N–H and O–H groups in total. The molecule has 0 bridgehead atoms. The zero-order valence-corrected chi connectivity index (χ0v) is 5.59. The molecule has 0 aliphatic heterocycles. The maximum Gasteiger partial charge on any atom is 0.0612 e. The van der Waals surface area contributed by atoms with Crippen molar-refractivity contribution in [2.24, 2.45) is 5.92 Å². The fourth-order valence-electron chi connectivity index (χ4n) is 0.429. The van der Waals surface area contributed by atoms with E-state index in [9.17, 15) is 0 Å². The van der Waals surface area contributed by atoms with Crippen molar-refractivity contribution in [3.05, 3.63) is 12.2 Å². The number of hydrogen-bond donors (Lipinski definition) is 1. The van der Waals surface area contributed by atoms with Crippen molar-refractivity contribution in [2.45, 2.75) is 20.3 Å². The molecule has 0 fully saturated rings. The smallest absolute Gasteiger partial charge is 0.0612 e. The molecule has 0 spiro atoms. The van der Waals surface area contributed by atoms with E-state index in [0.717, 1.165) is 6.42 Å². The monoisotopic (exact) mass is 114 g/mol. The molecular formula is C7H14O. The third-order valence-electron chi connectivity index (χ3n) is 1.21. The summed E-state index contributed by atoms with van der Waals surface area (Å²) in [6.07, 6.45) is 4.96. The van der Waals surface area contributed by atoms with Crippen molar-refractivity contribution >= 4 is 0 Å². The lowest BCUT2D eigenvalue weighted by Crippen LogP contribution is -1.84. The Morgan fingerprint density at radius 1 is 1.62 bits per heavy atom. The molecule has 0 heterocycles. The summed E-state index contributed by atoms with van der Waals surface area (Å²) >= 11 is 0. The molecule has 1 heteroatoms. The van der Waals surface area contributed by atoms with Crippen LogP contribution < -0.4 is 0 Å². The van der Waals surface area contributed by atoms with Gasteiger partial charge in [-0.15, -0.1) is 0 Å². The lowest BCUT2D eigenvalue weighted by atomic mass is 10.1. The van der Waals surface area contributed by atoms with Crippen LogP contribution in [0.25, 0.3) is 0 Å². The summed E-state index contributed by atoms with van der Waals surface area (Å²) in [5.41, 5.74) is 0. The summed E-state index contributed by atoms with van der Waals surface area (Å²) in [5, 5.41) is 8.32. The van der Waals surface area contributed by atoms with Crippen LogP contribution in [0.15, 0.2) is 12.2 Å². The second kappa shape index (κ2) is 4.85. The van der Waals surface area contributed by atoms with Crippen LogP contribution in [0.2, 0.25) is 0 Å². The minimum Gasteiger partial charge on any atom is -0.392 e. The van der Waals surface area contributed by atoms with Crippen molar-refractivity contribution in [3.63, 3.8) is 0 Å². The van der Waals surface area contributed by atoms with Gasteiger partial charge in [-0.3, -0.25) is 0 Å². The molecule has 0 rings (SSSR count). The van der Waals surface area contributed by atoms with Gasteiger partial charge in [0.15, 0.2) is 0 Å². The predicted molar refractivity (Wildman–Crippen MR) is 35.7 cm³/mol. The fourth-order valence-corrected chi connectivity index (χ4v) is 0.429. The third kappa shape index (κ3) is 3.88. The molecule has 8 heavy (non-hydrogen) atoms. The SMILES string of the molecule is CCC(C)/C=C/CO. The van der Waals surface area contributed by atoms with Crippen molar-refractivity contribution in [3.8, 4) is 0 Å². The second-order valence-electron chi connectivity index (χ2n) is 2.00. The number of hydrogen-bond acceptors (Lipinski definition) is 1. The molecule has 0 aliphatic carbocycles. The van der Waals surface area contributed by atoms with Crippen LogP contribution in [-0.4, -0.2) is 11.7 Å². The minimum absolute atomic E-state index is 0.171. The molecule has 0 aromatic heterocycles. The van der Waals surface area contributed by atoms with Crippen molar-refractivity contribution in [1.29, 1.82) is 0 Å². The van der Waals surface area contributed by atoms with E-state index in [1.165, 1.54) is 0 Å². The van der Waals surface area contributed by atoms with Gasteiger partial charge in [-0.05, 0) is 5.92 Å². The molecule has 0 saturated heterocycles. The molecule has 0 radical (unpaired) electrons. The lowest BCUT2D eigenvalue weighted by Gasteiger charge is -1.96. The quantitative estimate of drug-likeness (QED) is 0.552. The summed E-state index contributed by atoms with van der Waals surface area (Å²) in [6, 6.07) is 0. The van der Waals surface area contributed by atoms with Gasteiger partial charge in [0.25, 0.3) is 0 Å². The van der Waals surface area contributed by atoms with Crippen LogP contribution in [0.4, 0.5) is 0 Å². The first-order valence-corrected chi connectivity index (χ1v) is 3.08. The van der Waals surface area contributed by atoms with Crippen LogP contribution >= 0.6 is 0 Å². The van der Waals surface area contributed by atoms with Crippen LogP contribution in [0.5, 0.6) is 0 Å². The van der Waals surface area contributed by atoms with E-state index in [4.69, 9.17) is 5.11 Å². The summed E-state index contributed by atoms with van der Waals surface area (Å²) in [5.74, 6) is 0.613. The molecule has 48 valence electrons. The Morgan fingerprint density at radius 2 is 2.25 bits per heavy atom. The van der Waals surface area contributed by atoms with Gasteiger partial charge in [0.2, 0.25) is 0 Å². The van der Waals surface area contributed by atoms with Crippen molar-refractivity contribution in [2.75, 3.05) is 6.61 Å². The second-order valence-corrected chi connectivity index (χ2v) is 2.00. The first kappa shape index (κ1) is 7.70. The Morgan fingerprint density at radius 3 is 2.62 bits per heavy atom. The number of rotatable bonds is 3. The highest BCUT2D eigenvalue weighted by atomic mass is 16.2. The highest BCUT2D eigenvalue weighted by molar-refractivity contribution is 4.84. The van der Waals surface area contributed by atoms with E-state index < -0.39 is 0 Å². The van der Waals surface area contributed by atoms with E-state index >= 15 is 0 Å². The van der Waals surface area contributed by atoms with Crippen molar-refractivity contribution in [1.82, 2.24) is 0 Å². The maximum atomic E-state index is 8.32. The third-order valence-corrected chi connectivity index (χ3v) is 1.21. The summed E-state index contributed by atoms with van der Waals surface area (Å²) in [7, 11) is 0. The van der Waals surface area contributed by atoms with Crippen LogP contribution in [0, 0.1) is 5.92 Å². The van der Waals surface area contributed by atoms with Gasteiger partial charge in [-0.2, -0.15) is 0 Å². The van der Waals surface area contributed by atoms with Gasteiger partial charge >= 0.3 is 0 Å². The number of aliphatic hydroxyl groups is 1. The normalized spacial score (nSPS) is 14.9. The summed E-state index contributed by atoms with van der Waals surface area (Å²) in [6.45, 7) is 4.43. The Bertz CT molecular complexity index is 66.8. The van der Waals surface area contributed by atoms with Gasteiger partial charge < -0.3 is 5.11 Å². The van der Waals surface area contributed by atoms with Crippen LogP contribution in [-0.2, 0) is 0 Å². The van der Waals surface area contributed by atoms with Gasteiger partial charge in [0.05, 0.1) is 6.61 Å². The van der Waals surface area contributed by atoms with Crippen LogP contribution in [0.1, 0.15) is 20.3 Å². The van der Waals surface area contributed by atoms with E-state index in [0.29, 0.717) is 5.92 Å². The molecule has 1 unspecified atom stereocenters. The maximum absolute atomic E-state index is 8.32. The number of aliphatic hydroxyl groups excluding tert-OH is 1. The van der Waals surface area contributed by atoms with Gasteiger partial charge in [-0.1, -0.05) is 32.4 Å². The Kier molecular flexibility index (Phi) is 4.67. The molecule has 0 aromatic rings. The molecular weight excluding hydrogens is 100 g/mol. The zero-order chi connectivity index (χ0) is 6.41. The molecule has 0 aliphatic rings. The first-order valence-electron chi connectivity index (χ1n) is 3.08. The lowest BCUT2D eigenvalue weighted by molar-refractivity contribution is 0.341. The van der Waals surface area contributed by atoms with E-state index in [-0.39, 0.29) is 6.61 Å². The number of allylic oxidation sites excluding steroid dienone is 1. The molecule has 0 saturated carbocycles. The summed E-state index contributed by atoms with van der Waals surface area (Å²) in [4.78, 5) is 0. The van der Waals surface area contributed by atoms with E-state index in [1.54, 1.807) is 6.08 Å². The minimum atomic E-state index is 0.171. The highest BCUT2D eigenvalue weighted by Gasteiger charge is 1.87. The Hall–Kier alpha value is -0.300. The standard InChI is InChI=1S/C7H14O/c1-3-7(2)5-4-6-8/h4-5,7-8H,3,6H2,1-2H3/b5-4+. The Labute approximate surface area is 51.0 Å². The van der Waals surface area contributed by atoms with Gasteiger partial charge in [0, 0.05) is 0 Å². The molecule has 1 atom stereocenters. The average molecular weight is 114 g/mol. The topological polar surface area (TPSA) is 20.2 Å². The highest BCUT2D eigenvalue weighted by Crippen LogP contribution is 2.00. The van der Waals surface area contributed by atoms with Crippen molar-refractivity contribution < 1.29 is 5.11 Å². The molecule has 0 aromatic carbocycles. The van der Waals surface area contributed by atoms with E-state index in [1.807, 2.05) is 6.08 Å². The Balaban J connectivity index is 3.21. The molecule has 1 nitrogen and oxygen atoms in total. The summed E-state index contributed by atoms with van der Waals surface area (Å²) < 4.78 is 0.